The Hall–Kier alpha value is -1.70. The van der Waals surface area contributed by atoms with Gasteiger partial charge in [-0.05, 0) is 79.7 Å². The van der Waals surface area contributed by atoms with Gasteiger partial charge in [0.25, 0.3) is 0 Å². The number of rotatable bonds is 3. The molecule has 0 radical (unpaired) electrons. The monoisotopic (exact) mass is 513 g/mol. The summed E-state index contributed by atoms with van der Waals surface area (Å²) in [4.78, 5) is 26.5. The van der Waals surface area contributed by atoms with Crippen LogP contribution in [0.25, 0.3) is 0 Å². The lowest BCUT2D eigenvalue weighted by atomic mass is 9.43. The minimum Gasteiger partial charge on any atom is -0.462 e. The summed E-state index contributed by atoms with van der Waals surface area (Å²) in [6.45, 7) is 9.95. The van der Waals surface area contributed by atoms with Crippen molar-refractivity contribution < 1.29 is 23.8 Å². The highest BCUT2D eigenvalue weighted by Crippen LogP contribution is 2.71. The van der Waals surface area contributed by atoms with E-state index in [1.54, 1.807) is 6.07 Å². The van der Waals surface area contributed by atoms with Crippen LogP contribution in [0.5, 0.6) is 0 Å². The molecule has 1 aromatic heterocycles. The largest absolute Gasteiger partial charge is 0.462 e. The molecular weight excluding hydrogens is 470 g/mol. The highest BCUT2D eigenvalue weighted by molar-refractivity contribution is 5.66. The molecule has 0 aromatic carbocycles. The summed E-state index contributed by atoms with van der Waals surface area (Å²) in [7, 11) is 0. The van der Waals surface area contributed by atoms with Gasteiger partial charge in [-0.15, -0.1) is 0 Å². The van der Waals surface area contributed by atoms with Gasteiger partial charge in [0.1, 0.15) is 6.10 Å². The van der Waals surface area contributed by atoms with Crippen molar-refractivity contribution in [3.05, 3.63) is 34.4 Å². The number of nitrogens with zero attached hydrogens (tertiary/aromatic N) is 1. The van der Waals surface area contributed by atoms with Gasteiger partial charge in [-0.3, -0.25) is 9.69 Å². The van der Waals surface area contributed by atoms with Crippen LogP contribution in [0.3, 0.4) is 0 Å². The lowest BCUT2D eigenvalue weighted by Gasteiger charge is -2.64. The average Bonchev–Trinajstić information content (AvgIpc) is 3.10. The first kappa shape index (κ1) is 25.6. The number of hydrogen-bond donors (Lipinski definition) is 1. The summed E-state index contributed by atoms with van der Waals surface area (Å²) < 4.78 is 16.7. The van der Waals surface area contributed by atoms with Crippen molar-refractivity contribution in [3.8, 4) is 0 Å². The van der Waals surface area contributed by atoms with Gasteiger partial charge in [0.05, 0.1) is 25.1 Å². The van der Waals surface area contributed by atoms with Gasteiger partial charge in [0, 0.05) is 49.9 Å². The zero-order valence-corrected chi connectivity index (χ0v) is 22.6. The van der Waals surface area contributed by atoms with Crippen LogP contribution < -0.4 is 5.63 Å². The van der Waals surface area contributed by atoms with Gasteiger partial charge < -0.3 is 19.0 Å². The summed E-state index contributed by atoms with van der Waals surface area (Å²) in [6, 6.07) is 3.89. The molecule has 5 fully saturated rings. The second kappa shape index (κ2) is 9.20. The molecule has 1 N–H and O–H groups in total. The first-order valence-electron chi connectivity index (χ1n) is 14.5. The van der Waals surface area contributed by atoms with E-state index < -0.39 is 22.7 Å². The molecule has 4 aliphatic carbocycles. The fourth-order valence-corrected chi connectivity index (χ4v) is 9.94. The van der Waals surface area contributed by atoms with E-state index >= 15 is 0 Å². The predicted octanol–water partition coefficient (Wildman–Crippen LogP) is 4.12. The Bertz CT molecular complexity index is 1060. The third-order valence-corrected chi connectivity index (χ3v) is 11.8. The zero-order chi connectivity index (χ0) is 26.0. The molecule has 7 heteroatoms. The number of esters is 1. The molecule has 1 saturated heterocycles. The molecule has 0 bridgehead atoms. The van der Waals surface area contributed by atoms with Crippen molar-refractivity contribution in [3.63, 3.8) is 0 Å². The maximum Gasteiger partial charge on any atom is 0.335 e. The Labute approximate surface area is 219 Å². The summed E-state index contributed by atoms with van der Waals surface area (Å²) in [5.41, 5.74) is -0.700. The molecule has 4 saturated carbocycles. The second-order valence-corrected chi connectivity index (χ2v) is 13.2. The Morgan fingerprint density at radius 2 is 1.86 bits per heavy atom. The van der Waals surface area contributed by atoms with Crippen molar-refractivity contribution in [2.75, 3.05) is 26.3 Å². The van der Waals surface area contributed by atoms with E-state index in [0.29, 0.717) is 24.3 Å². The van der Waals surface area contributed by atoms with E-state index in [-0.39, 0.29) is 23.2 Å². The molecule has 5 aliphatic rings. The van der Waals surface area contributed by atoms with Crippen LogP contribution in [-0.2, 0) is 14.3 Å². The number of hydrogen-bond acceptors (Lipinski definition) is 7. The fraction of sp³-hybridized carbons (Fsp3) is 0.800. The van der Waals surface area contributed by atoms with Gasteiger partial charge in [0.15, 0.2) is 0 Å². The average molecular weight is 514 g/mol. The van der Waals surface area contributed by atoms with Crippen LogP contribution in [-0.4, -0.2) is 60.0 Å². The first-order chi connectivity index (χ1) is 17.7. The lowest BCUT2D eigenvalue weighted by Crippen LogP contribution is -2.62. The van der Waals surface area contributed by atoms with Crippen LogP contribution in [0.1, 0.15) is 83.6 Å². The van der Waals surface area contributed by atoms with Gasteiger partial charge in [-0.25, -0.2) is 4.79 Å². The van der Waals surface area contributed by atoms with E-state index in [1.165, 1.54) is 38.5 Å². The summed E-state index contributed by atoms with van der Waals surface area (Å²) in [5.74, 6) is 0.820. The van der Waals surface area contributed by atoms with E-state index in [2.05, 4.69) is 18.7 Å². The number of aliphatic hydroxyl groups is 1. The zero-order valence-electron chi connectivity index (χ0n) is 22.6. The molecule has 37 heavy (non-hydrogen) atoms. The van der Waals surface area contributed by atoms with E-state index in [1.807, 2.05) is 0 Å². The standard InChI is InChI=1S/C30H43NO6/c1-19(32)37-25-17-30(34)24-6-5-21-16-22(31-12-14-35-15-13-31)8-10-28(21,2)23(24)9-11-29(30,3)27(25)20-4-7-26(33)36-18-20/h4,7,18,21-25,27,34H,5-6,8-17H2,1-3H3. The van der Waals surface area contributed by atoms with Crippen LogP contribution in [0, 0.1) is 28.6 Å². The van der Waals surface area contributed by atoms with Crippen molar-refractivity contribution in [2.24, 2.45) is 28.6 Å². The Kier molecular flexibility index (Phi) is 6.36. The Morgan fingerprint density at radius 1 is 1.08 bits per heavy atom. The van der Waals surface area contributed by atoms with E-state index in [9.17, 15) is 14.7 Å². The summed E-state index contributed by atoms with van der Waals surface area (Å²) in [5, 5.41) is 12.7. The van der Waals surface area contributed by atoms with Crippen molar-refractivity contribution in [2.45, 2.75) is 95.8 Å². The smallest absolute Gasteiger partial charge is 0.335 e. The number of fused-ring (bicyclic) bond motifs is 5. The molecule has 6 rings (SSSR count). The highest BCUT2D eigenvalue weighted by Gasteiger charge is 2.70. The van der Waals surface area contributed by atoms with Gasteiger partial charge in [-0.2, -0.15) is 0 Å². The number of carbonyl (C=O) groups is 1. The maximum absolute atomic E-state index is 12.7. The van der Waals surface area contributed by atoms with Crippen molar-refractivity contribution in [1.29, 1.82) is 0 Å². The Morgan fingerprint density at radius 3 is 2.57 bits per heavy atom. The van der Waals surface area contributed by atoms with Crippen LogP contribution >= 0.6 is 0 Å². The van der Waals surface area contributed by atoms with Crippen molar-refractivity contribution in [1.82, 2.24) is 4.90 Å². The lowest BCUT2D eigenvalue weighted by molar-refractivity contribution is -0.204. The topological polar surface area (TPSA) is 89.2 Å². The predicted molar refractivity (Wildman–Crippen MR) is 138 cm³/mol. The van der Waals surface area contributed by atoms with Gasteiger partial charge in [0.2, 0.25) is 0 Å². The minimum absolute atomic E-state index is 0.186. The maximum atomic E-state index is 12.7. The molecule has 0 amide bonds. The molecule has 9 unspecified atom stereocenters. The van der Waals surface area contributed by atoms with Gasteiger partial charge >= 0.3 is 11.6 Å². The molecule has 0 spiro atoms. The van der Waals surface area contributed by atoms with Crippen LogP contribution in [0.15, 0.2) is 27.6 Å². The van der Waals surface area contributed by atoms with Gasteiger partial charge in [-0.1, -0.05) is 13.8 Å². The fourth-order valence-electron chi connectivity index (χ4n) is 9.94. The summed E-state index contributed by atoms with van der Waals surface area (Å²) in [6.07, 6.45) is 9.37. The van der Waals surface area contributed by atoms with Crippen LogP contribution in [0.2, 0.25) is 0 Å². The van der Waals surface area contributed by atoms with E-state index in [0.717, 1.165) is 57.6 Å². The first-order valence-corrected chi connectivity index (χ1v) is 14.5. The third kappa shape index (κ3) is 3.94. The summed E-state index contributed by atoms with van der Waals surface area (Å²) >= 11 is 0. The van der Waals surface area contributed by atoms with Crippen molar-refractivity contribution >= 4 is 5.97 Å². The number of carbonyl (C=O) groups excluding carboxylic acids is 1. The van der Waals surface area contributed by atoms with E-state index in [4.69, 9.17) is 13.9 Å². The second-order valence-electron chi connectivity index (χ2n) is 13.2. The molecule has 9 atom stereocenters. The third-order valence-electron chi connectivity index (χ3n) is 11.8. The molecular formula is C30H43NO6. The van der Waals surface area contributed by atoms with Crippen LogP contribution in [0.4, 0.5) is 0 Å². The SMILES string of the molecule is CC(=O)OC1CC2(O)C3CCC4CC(N5CCOCC5)CCC4(C)C3CCC2(C)C1c1ccc(=O)oc1. The molecule has 2 heterocycles. The Balaban J connectivity index is 1.29. The highest BCUT2D eigenvalue weighted by atomic mass is 16.5. The quantitative estimate of drug-likeness (QED) is 0.608. The molecule has 7 nitrogen and oxygen atoms in total. The number of ether oxygens (including phenoxy) is 2. The molecule has 1 aliphatic heterocycles. The molecule has 1 aromatic rings. The normalized spacial score (nSPS) is 45.9. The molecule has 204 valence electrons. The number of morpholine rings is 1. The minimum atomic E-state index is -0.925.